The molecule has 7 heteroatoms. The van der Waals surface area contributed by atoms with Gasteiger partial charge < -0.3 is 19.9 Å². The van der Waals surface area contributed by atoms with Crippen LogP contribution >= 0.6 is 12.2 Å². The average molecular weight is 402 g/mol. The molecule has 1 aliphatic carbocycles. The Kier molecular flexibility index (Phi) is 6.03. The number of nitrogens with zero attached hydrogens (tertiary/aromatic N) is 2. The molecule has 0 bridgehead atoms. The van der Waals surface area contributed by atoms with Gasteiger partial charge in [0, 0.05) is 24.8 Å². The molecular weight excluding hydrogens is 374 g/mol. The van der Waals surface area contributed by atoms with Crippen molar-refractivity contribution in [2.75, 3.05) is 20.2 Å². The van der Waals surface area contributed by atoms with Crippen LogP contribution in [0.15, 0.2) is 35.5 Å². The molecule has 0 spiro atoms. The molecule has 1 saturated carbocycles. The second-order valence-corrected chi connectivity index (χ2v) is 7.46. The van der Waals surface area contributed by atoms with Crippen LogP contribution in [0.5, 0.6) is 0 Å². The Labute approximate surface area is 171 Å². The average Bonchev–Trinajstić information content (AvgIpc) is 3.53. The largest absolute Gasteiger partial charge is 0.465 e. The van der Waals surface area contributed by atoms with Crippen molar-refractivity contribution in [2.24, 2.45) is 0 Å². The molecule has 1 atom stereocenters. The Bertz CT molecular complexity index is 811. The molecule has 0 aromatic heterocycles. The van der Waals surface area contributed by atoms with Gasteiger partial charge in [0.25, 0.3) is 5.91 Å². The lowest BCUT2D eigenvalue weighted by molar-refractivity contribution is -0.127. The fourth-order valence-corrected chi connectivity index (χ4v) is 4.07. The summed E-state index contributed by atoms with van der Waals surface area (Å²) in [5, 5.41) is 4.02. The normalized spacial score (nSPS) is 19.4. The molecule has 28 heavy (non-hydrogen) atoms. The maximum atomic E-state index is 13.4. The topological polar surface area (TPSA) is 61.9 Å². The summed E-state index contributed by atoms with van der Waals surface area (Å²) in [4.78, 5) is 29.0. The van der Waals surface area contributed by atoms with Crippen LogP contribution in [0.3, 0.4) is 0 Å². The van der Waals surface area contributed by atoms with Crippen molar-refractivity contribution in [3.8, 4) is 0 Å². The number of hydrogen-bond acceptors (Lipinski definition) is 4. The minimum Gasteiger partial charge on any atom is -0.465 e. The SMILES string of the molecule is CCN(CC)C(=O)C1=C(C)N(C2CC2)C(=S)N[C@@H]1c1ccc(C(=O)OC)cc1. The molecule has 0 saturated heterocycles. The number of likely N-dealkylation sites (N-methyl/N-ethyl adjacent to an activating group) is 1. The fourth-order valence-electron chi connectivity index (χ4n) is 3.67. The van der Waals surface area contributed by atoms with Gasteiger partial charge in [-0.25, -0.2) is 4.79 Å². The number of methoxy groups -OCH3 is 1. The molecule has 150 valence electrons. The Hall–Kier alpha value is -2.41. The molecule has 0 unspecified atom stereocenters. The van der Waals surface area contributed by atoms with E-state index in [0.717, 1.165) is 29.7 Å². The van der Waals surface area contributed by atoms with E-state index in [2.05, 4.69) is 10.2 Å². The van der Waals surface area contributed by atoms with Crippen LogP contribution in [0.2, 0.25) is 0 Å². The molecule has 2 aliphatic rings. The molecule has 1 amide bonds. The smallest absolute Gasteiger partial charge is 0.337 e. The Balaban J connectivity index is 2.03. The second-order valence-electron chi connectivity index (χ2n) is 7.07. The minimum atomic E-state index is -0.384. The summed E-state index contributed by atoms with van der Waals surface area (Å²) < 4.78 is 4.77. The van der Waals surface area contributed by atoms with Crippen LogP contribution in [0.4, 0.5) is 0 Å². The molecule has 1 aliphatic heterocycles. The highest BCUT2D eigenvalue weighted by Crippen LogP contribution is 2.38. The summed E-state index contributed by atoms with van der Waals surface area (Å²) in [6.07, 6.45) is 2.18. The van der Waals surface area contributed by atoms with Crippen molar-refractivity contribution in [3.63, 3.8) is 0 Å². The number of carbonyl (C=O) groups is 2. The first kappa shape index (κ1) is 20.3. The number of benzene rings is 1. The fraction of sp³-hybridized carbons (Fsp3) is 0.476. The lowest BCUT2D eigenvalue weighted by atomic mass is 9.93. The number of carbonyl (C=O) groups excluding carboxylic acids is 2. The van der Waals surface area contributed by atoms with Crippen LogP contribution in [-0.4, -0.2) is 53.0 Å². The number of esters is 1. The van der Waals surface area contributed by atoms with E-state index in [1.165, 1.54) is 7.11 Å². The molecule has 6 nitrogen and oxygen atoms in total. The van der Waals surface area contributed by atoms with E-state index in [4.69, 9.17) is 17.0 Å². The minimum absolute atomic E-state index is 0.0187. The van der Waals surface area contributed by atoms with Gasteiger partial charge in [0.2, 0.25) is 0 Å². The Morgan fingerprint density at radius 3 is 2.32 bits per heavy atom. The second kappa shape index (κ2) is 8.31. The van der Waals surface area contributed by atoms with Crippen LogP contribution in [0.25, 0.3) is 0 Å². The van der Waals surface area contributed by atoms with Crippen molar-refractivity contribution in [3.05, 3.63) is 46.7 Å². The van der Waals surface area contributed by atoms with Gasteiger partial charge in [-0.15, -0.1) is 0 Å². The molecule has 1 heterocycles. The standard InChI is InChI=1S/C21H27N3O3S/c1-5-23(6-2)19(25)17-13(3)24(16-11-12-16)21(28)22-18(17)14-7-9-15(10-8-14)20(26)27-4/h7-10,16,18H,5-6,11-12H2,1-4H3,(H,22,28)/t18-/m1/s1. The predicted molar refractivity (Wildman–Crippen MR) is 112 cm³/mol. The third-order valence-corrected chi connectivity index (χ3v) is 5.70. The molecule has 3 rings (SSSR count). The first-order chi connectivity index (χ1) is 13.4. The zero-order valence-corrected chi connectivity index (χ0v) is 17.6. The highest BCUT2D eigenvalue weighted by atomic mass is 32.1. The van der Waals surface area contributed by atoms with Gasteiger partial charge in [-0.3, -0.25) is 4.79 Å². The van der Waals surface area contributed by atoms with Gasteiger partial charge in [-0.2, -0.15) is 0 Å². The van der Waals surface area contributed by atoms with Gasteiger partial charge in [0.05, 0.1) is 24.3 Å². The zero-order chi connectivity index (χ0) is 20.4. The zero-order valence-electron chi connectivity index (χ0n) is 16.8. The number of amides is 1. The van der Waals surface area contributed by atoms with E-state index in [1.54, 1.807) is 12.1 Å². The summed E-state index contributed by atoms with van der Waals surface area (Å²) in [5.74, 6) is -0.366. The summed E-state index contributed by atoms with van der Waals surface area (Å²) in [6, 6.07) is 7.16. The highest BCUT2D eigenvalue weighted by Gasteiger charge is 2.41. The van der Waals surface area contributed by atoms with E-state index in [0.29, 0.717) is 29.8 Å². The third-order valence-electron chi connectivity index (χ3n) is 5.38. The monoisotopic (exact) mass is 401 g/mol. The van der Waals surface area contributed by atoms with Gasteiger partial charge in [0.1, 0.15) is 0 Å². The number of ether oxygens (including phenoxy) is 1. The first-order valence-electron chi connectivity index (χ1n) is 9.70. The highest BCUT2D eigenvalue weighted by molar-refractivity contribution is 7.80. The van der Waals surface area contributed by atoms with Crippen LogP contribution < -0.4 is 5.32 Å². The van der Waals surface area contributed by atoms with Crippen molar-refractivity contribution in [1.29, 1.82) is 0 Å². The van der Waals surface area contributed by atoms with Gasteiger partial charge in [0.15, 0.2) is 5.11 Å². The van der Waals surface area contributed by atoms with Crippen molar-refractivity contribution >= 4 is 29.2 Å². The van der Waals surface area contributed by atoms with E-state index in [-0.39, 0.29) is 17.9 Å². The summed E-state index contributed by atoms with van der Waals surface area (Å²) in [5.41, 5.74) is 3.00. The molecule has 1 N–H and O–H groups in total. The van der Waals surface area contributed by atoms with E-state index < -0.39 is 0 Å². The van der Waals surface area contributed by atoms with Crippen LogP contribution in [0.1, 0.15) is 55.6 Å². The first-order valence-corrected chi connectivity index (χ1v) is 10.1. The Morgan fingerprint density at radius 2 is 1.82 bits per heavy atom. The molecule has 0 radical (unpaired) electrons. The van der Waals surface area contributed by atoms with Crippen molar-refractivity contribution in [2.45, 2.75) is 45.7 Å². The molecular formula is C21H27N3O3S. The maximum Gasteiger partial charge on any atom is 0.337 e. The van der Waals surface area contributed by atoms with Gasteiger partial charge >= 0.3 is 5.97 Å². The lowest BCUT2D eigenvalue weighted by Gasteiger charge is -2.39. The summed E-state index contributed by atoms with van der Waals surface area (Å²) in [7, 11) is 1.36. The van der Waals surface area contributed by atoms with Crippen molar-refractivity contribution < 1.29 is 14.3 Å². The molecule has 1 aromatic carbocycles. The quantitative estimate of drug-likeness (QED) is 0.584. The van der Waals surface area contributed by atoms with E-state index in [9.17, 15) is 9.59 Å². The summed E-state index contributed by atoms with van der Waals surface area (Å²) in [6.45, 7) is 7.24. The maximum absolute atomic E-state index is 13.4. The van der Waals surface area contributed by atoms with E-state index >= 15 is 0 Å². The molecule has 1 aromatic rings. The van der Waals surface area contributed by atoms with Gasteiger partial charge in [-0.05, 0) is 63.5 Å². The third kappa shape index (κ3) is 3.76. The summed E-state index contributed by atoms with van der Waals surface area (Å²) >= 11 is 5.63. The Morgan fingerprint density at radius 1 is 1.21 bits per heavy atom. The van der Waals surface area contributed by atoms with Crippen LogP contribution in [0, 0.1) is 0 Å². The number of hydrogen-bond donors (Lipinski definition) is 1. The number of rotatable bonds is 6. The van der Waals surface area contributed by atoms with Gasteiger partial charge in [-0.1, -0.05) is 12.1 Å². The van der Waals surface area contributed by atoms with Crippen LogP contribution in [-0.2, 0) is 9.53 Å². The predicted octanol–water partition coefficient (Wildman–Crippen LogP) is 3.01. The lowest BCUT2D eigenvalue weighted by Crippen LogP contribution is -2.50. The number of thiocarbonyl (C=S) groups is 1. The number of nitrogens with one attached hydrogen (secondary N) is 1. The van der Waals surface area contributed by atoms with E-state index in [1.807, 2.05) is 37.8 Å². The molecule has 1 fully saturated rings. The number of allylic oxidation sites excluding steroid dienone is 1. The van der Waals surface area contributed by atoms with Crippen molar-refractivity contribution in [1.82, 2.24) is 15.1 Å².